The molecule has 1 rings (SSSR count). The molecule has 0 amide bonds. The van der Waals surface area contributed by atoms with Crippen LogP contribution in [0.3, 0.4) is 0 Å². The standard InChI is InChI=1S/C13H24O2/c1-2-3-4-5-8-11-9-6-7-10-12(11)13(14)15/h11-12H,2-10H2,1H3,(H,14,15)/t11-,12+/m0/s1. The van der Waals surface area contributed by atoms with Crippen LogP contribution < -0.4 is 0 Å². The Morgan fingerprint density at radius 1 is 1.20 bits per heavy atom. The van der Waals surface area contributed by atoms with Crippen LogP contribution in [0.15, 0.2) is 0 Å². The predicted octanol–water partition coefficient (Wildman–Crippen LogP) is 3.85. The van der Waals surface area contributed by atoms with Gasteiger partial charge < -0.3 is 5.11 Å². The Bertz CT molecular complexity index is 189. The molecule has 0 heterocycles. The summed E-state index contributed by atoms with van der Waals surface area (Å²) >= 11 is 0. The second-order valence-electron chi connectivity index (χ2n) is 4.84. The maximum absolute atomic E-state index is 11.1. The Hall–Kier alpha value is -0.530. The SMILES string of the molecule is CCCCCC[C@H]1CCCC[C@H]1C(=O)O. The van der Waals surface area contributed by atoms with Crippen molar-refractivity contribution in [3.8, 4) is 0 Å². The van der Waals surface area contributed by atoms with Crippen LogP contribution in [0.4, 0.5) is 0 Å². The molecular formula is C13H24O2. The van der Waals surface area contributed by atoms with Gasteiger partial charge in [-0.05, 0) is 25.2 Å². The predicted molar refractivity (Wildman–Crippen MR) is 61.8 cm³/mol. The van der Waals surface area contributed by atoms with Crippen molar-refractivity contribution >= 4 is 5.97 Å². The molecule has 0 bridgehead atoms. The third-order valence-electron chi connectivity index (χ3n) is 3.65. The molecule has 1 N–H and O–H groups in total. The van der Waals surface area contributed by atoms with Crippen molar-refractivity contribution in [3.63, 3.8) is 0 Å². The van der Waals surface area contributed by atoms with Gasteiger partial charge in [0.15, 0.2) is 0 Å². The van der Waals surface area contributed by atoms with Crippen LogP contribution in [0, 0.1) is 11.8 Å². The minimum atomic E-state index is -0.560. The highest BCUT2D eigenvalue weighted by Gasteiger charge is 2.29. The molecule has 0 radical (unpaired) electrons. The van der Waals surface area contributed by atoms with E-state index in [1.54, 1.807) is 0 Å². The van der Waals surface area contributed by atoms with Crippen LogP contribution in [0.5, 0.6) is 0 Å². The van der Waals surface area contributed by atoms with Gasteiger partial charge in [-0.25, -0.2) is 0 Å². The Morgan fingerprint density at radius 2 is 1.93 bits per heavy atom. The molecule has 2 atom stereocenters. The average molecular weight is 212 g/mol. The minimum Gasteiger partial charge on any atom is -0.481 e. The molecule has 2 nitrogen and oxygen atoms in total. The van der Waals surface area contributed by atoms with E-state index in [-0.39, 0.29) is 5.92 Å². The van der Waals surface area contributed by atoms with Crippen molar-refractivity contribution in [2.75, 3.05) is 0 Å². The summed E-state index contributed by atoms with van der Waals surface area (Å²) in [5.41, 5.74) is 0. The molecule has 1 aliphatic carbocycles. The Labute approximate surface area is 93.1 Å². The number of carbonyl (C=O) groups is 1. The molecule has 0 aliphatic heterocycles. The lowest BCUT2D eigenvalue weighted by atomic mass is 9.76. The summed E-state index contributed by atoms with van der Waals surface area (Å²) in [6.07, 6.45) is 10.6. The highest BCUT2D eigenvalue weighted by atomic mass is 16.4. The number of rotatable bonds is 6. The van der Waals surface area contributed by atoms with E-state index in [2.05, 4.69) is 6.92 Å². The van der Waals surface area contributed by atoms with E-state index in [4.69, 9.17) is 5.11 Å². The number of hydrogen-bond acceptors (Lipinski definition) is 1. The second-order valence-corrected chi connectivity index (χ2v) is 4.84. The van der Waals surface area contributed by atoms with E-state index < -0.39 is 5.97 Å². The molecule has 0 aromatic heterocycles. The van der Waals surface area contributed by atoms with Gasteiger partial charge in [0, 0.05) is 0 Å². The van der Waals surface area contributed by atoms with Crippen molar-refractivity contribution < 1.29 is 9.90 Å². The van der Waals surface area contributed by atoms with Crippen LogP contribution in [0.2, 0.25) is 0 Å². The van der Waals surface area contributed by atoms with E-state index in [9.17, 15) is 4.79 Å². The summed E-state index contributed by atoms with van der Waals surface area (Å²) in [5.74, 6) is -0.135. The third-order valence-corrected chi connectivity index (χ3v) is 3.65. The fourth-order valence-corrected chi connectivity index (χ4v) is 2.71. The molecule has 1 aliphatic rings. The van der Waals surface area contributed by atoms with Crippen LogP contribution in [-0.4, -0.2) is 11.1 Å². The van der Waals surface area contributed by atoms with Crippen LogP contribution in [0.25, 0.3) is 0 Å². The van der Waals surface area contributed by atoms with Crippen LogP contribution in [-0.2, 0) is 4.79 Å². The fraction of sp³-hybridized carbons (Fsp3) is 0.923. The van der Waals surface area contributed by atoms with E-state index in [1.165, 1.54) is 32.1 Å². The van der Waals surface area contributed by atoms with Crippen LogP contribution in [0.1, 0.15) is 64.7 Å². The molecule has 1 saturated carbocycles. The average Bonchev–Trinajstić information content (AvgIpc) is 2.25. The van der Waals surface area contributed by atoms with Crippen molar-refractivity contribution in [3.05, 3.63) is 0 Å². The Balaban J connectivity index is 2.26. The first-order chi connectivity index (χ1) is 7.25. The van der Waals surface area contributed by atoms with Crippen molar-refractivity contribution in [1.82, 2.24) is 0 Å². The first kappa shape index (κ1) is 12.5. The van der Waals surface area contributed by atoms with E-state index >= 15 is 0 Å². The zero-order chi connectivity index (χ0) is 11.1. The van der Waals surface area contributed by atoms with Crippen molar-refractivity contribution in [2.45, 2.75) is 64.7 Å². The van der Waals surface area contributed by atoms with Gasteiger partial charge in [-0.1, -0.05) is 45.4 Å². The van der Waals surface area contributed by atoms with Gasteiger partial charge in [-0.2, -0.15) is 0 Å². The molecule has 88 valence electrons. The lowest BCUT2D eigenvalue weighted by Crippen LogP contribution is -2.26. The number of unbranched alkanes of at least 4 members (excludes halogenated alkanes) is 3. The van der Waals surface area contributed by atoms with Gasteiger partial charge in [-0.3, -0.25) is 4.79 Å². The first-order valence-electron chi connectivity index (χ1n) is 6.48. The second kappa shape index (κ2) is 6.86. The van der Waals surface area contributed by atoms with Crippen molar-refractivity contribution in [1.29, 1.82) is 0 Å². The third kappa shape index (κ3) is 4.23. The zero-order valence-electron chi connectivity index (χ0n) is 9.87. The number of hydrogen-bond donors (Lipinski definition) is 1. The summed E-state index contributed by atoms with van der Waals surface area (Å²) in [4.78, 5) is 11.1. The summed E-state index contributed by atoms with van der Waals surface area (Å²) in [6, 6.07) is 0. The molecular weight excluding hydrogens is 188 g/mol. The lowest BCUT2D eigenvalue weighted by Gasteiger charge is -2.28. The fourth-order valence-electron chi connectivity index (χ4n) is 2.71. The molecule has 0 unspecified atom stereocenters. The summed E-state index contributed by atoms with van der Waals surface area (Å²) in [5, 5.41) is 9.11. The van der Waals surface area contributed by atoms with Crippen molar-refractivity contribution in [2.24, 2.45) is 11.8 Å². The molecule has 0 aromatic rings. The Morgan fingerprint density at radius 3 is 2.60 bits per heavy atom. The maximum Gasteiger partial charge on any atom is 0.306 e. The quantitative estimate of drug-likeness (QED) is 0.679. The summed E-state index contributed by atoms with van der Waals surface area (Å²) in [7, 11) is 0. The zero-order valence-corrected chi connectivity index (χ0v) is 9.87. The van der Waals surface area contributed by atoms with Gasteiger partial charge in [0.25, 0.3) is 0 Å². The summed E-state index contributed by atoms with van der Waals surface area (Å²) in [6.45, 7) is 2.21. The normalized spacial score (nSPS) is 26.5. The highest BCUT2D eigenvalue weighted by Crippen LogP contribution is 2.33. The molecule has 2 heteroatoms. The van der Waals surface area contributed by atoms with Gasteiger partial charge in [0.05, 0.1) is 5.92 Å². The number of aliphatic carboxylic acids is 1. The molecule has 15 heavy (non-hydrogen) atoms. The van der Waals surface area contributed by atoms with Gasteiger partial charge in [0.1, 0.15) is 0 Å². The largest absolute Gasteiger partial charge is 0.481 e. The lowest BCUT2D eigenvalue weighted by molar-refractivity contribution is -0.145. The first-order valence-corrected chi connectivity index (χ1v) is 6.48. The Kier molecular flexibility index (Phi) is 5.74. The number of carboxylic acid groups (broad SMARTS) is 1. The molecule has 0 spiro atoms. The minimum absolute atomic E-state index is 0.0413. The highest BCUT2D eigenvalue weighted by molar-refractivity contribution is 5.70. The van der Waals surface area contributed by atoms with Gasteiger partial charge >= 0.3 is 5.97 Å². The van der Waals surface area contributed by atoms with Gasteiger partial charge in [-0.15, -0.1) is 0 Å². The molecule has 0 saturated heterocycles. The topological polar surface area (TPSA) is 37.3 Å². The smallest absolute Gasteiger partial charge is 0.306 e. The molecule has 0 aromatic carbocycles. The van der Waals surface area contributed by atoms with E-state index in [0.29, 0.717) is 5.92 Å². The van der Waals surface area contributed by atoms with Gasteiger partial charge in [0.2, 0.25) is 0 Å². The maximum atomic E-state index is 11.1. The summed E-state index contributed by atoms with van der Waals surface area (Å²) < 4.78 is 0. The number of carboxylic acids is 1. The van der Waals surface area contributed by atoms with E-state index in [1.807, 2.05) is 0 Å². The molecule has 1 fully saturated rings. The van der Waals surface area contributed by atoms with Crippen LogP contribution >= 0.6 is 0 Å². The van der Waals surface area contributed by atoms with E-state index in [0.717, 1.165) is 25.7 Å². The monoisotopic (exact) mass is 212 g/mol.